The fourth-order valence-corrected chi connectivity index (χ4v) is 4.01. The second kappa shape index (κ2) is 7.22. The molecule has 1 aliphatic heterocycles. The molecule has 0 aliphatic carbocycles. The number of rotatable bonds is 5. The minimum absolute atomic E-state index is 0.171. The van der Waals surface area contributed by atoms with Crippen molar-refractivity contribution in [1.82, 2.24) is 19.0 Å². The minimum atomic E-state index is -3.76. The van der Waals surface area contributed by atoms with E-state index in [9.17, 15) is 13.2 Å². The molecule has 9 nitrogen and oxygen atoms in total. The zero-order valence-electron chi connectivity index (χ0n) is 14.8. The molecule has 1 atom stereocenters. The Balaban J connectivity index is 1.84. The maximum absolute atomic E-state index is 12.8. The number of piperidine rings is 1. The number of hydrogen-bond acceptors (Lipinski definition) is 5. The lowest BCUT2D eigenvalue weighted by molar-refractivity contribution is 0.0914. The Hall–Kier alpha value is -2.17. The molecule has 3 heterocycles. The van der Waals surface area contributed by atoms with Gasteiger partial charge in [-0.15, -0.1) is 0 Å². The van der Waals surface area contributed by atoms with Crippen molar-refractivity contribution >= 4 is 21.8 Å². The molecule has 10 heteroatoms. The number of nitrogens with one attached hydrogen (secondary N) is 1. The van der Waals surface area contributed by atoms with E-state index in [2.05, 4.69) is 10.3 Å². The summed E-state index contributed by atoms with van der Waals surface area (Å²) in [5.74, 6) is 0.306. The van der Waals surface area contributed by atoms with E-state index in [-0.39, 0.29) is 18.5 Å². The predicted octanol–water partition coefficient (Wildman–Crippen LogP) is 0.439. The van der Waals surface area contributed by atoms with Gasteiger partial charge in [-0.1, -0.05) is 0 Å². The maximum atomic E-state index is 12.8. The molecule has 3 rings (SSSR count). The summed E-state index contributed by atoms with van der Waals surface area (Å²) >= 11 is 0. The Kier molecular flexibility index (Phi) is 5.17. The van der Waals surface area contributed by atoms with Gasteiger partial charge < -0.3 is 10.1 Å². The Morgan fingerprint density at radius 1 is 1.50 bits per heavy atom. The van der Waals surface area contributed by atoms with Gasteiger partial charge in [0.15, 0.2) is 11.4 Å². The van der Waals surface area contributed by atoms with Crippen molar-refractivity contribution in [3.8, 4) is 5.75 Å². The molecule has 0 radical (unpaired) electrons. The number of nitrogens with two attached hydrogens (primary N) is 1. The number of pyridine rings is 1. The van der Waals surface area contributed by atoms with E-state index in [4.69, 9.17) is 9.88 Å². The molecule has 3 N–H and O–H groups in total. The number of hydrogen-bond donors (Lipinski definition) is 2. The molecule has 26 heavy (non-hydrogen) atoms. The summed E-state index contributed by atoms with van der Waals surface area (Å²) in [5, 5.41) is 8.10. The number of imidazole rings is 1. The van der Waals surface area contributed by atoms with E-state index in [0.29, 0.717) is 48.8 Å². The standard InChI is InChI=1S/C16H23N5O4S/c1-3-25-13-7-5-9-21-14(11(2)18-15(13)21)16(22)19-12-6-4-8-20(10-12)26(17,23)24/h5,7,9,12H,3-4,6,8,10H2,1-2H3,(H,19,22)(H2,17,23,24)/t12-/m0/s1. The van der Waals surface area contributed by atoms with Crippen LogP contribution in [0.25, 0.3) is 5.65 Å². The van der Waals surface area contributed by atoms with Gasteiger partial charge >= 0.3 is 0 Å². The second-order valence-corrected chi connectivity index (χ2v) is 7.81. The van der Waals surface area contributed by atoms with Gasteiger partial charge in [0.1, 0.15) is 5.69 Å². The molecule has 0 aromatic carbocycles. The third kappa shape index (κ3) is 3.67. The molecule has 0 saturated carbocycles. The predicted molar refractivity (Wildman–Crippen MR) is 96.3 cm³/mol. The fourth-order valence-electron chi connectivity index (χ4n) is 3.24. The highest BCUT2D eigenvalue weighted by molar-refractivity contribution is 7.86. The van der Waals surface area contributed by atoms with Crippen molar-refractivity contribution in [2.75, 3.05) is 19.7 Å². The van der Waals surface area contributed by atoms with Gasteiger partial charge in [-0.05, 0) is 38.8 Å². The number of amides is 1. The molecule has 142 valence electrons. The van der Waals surface area contributed by atoms with Crippen LogP contribution < -0.4 is 15.2 Å². The smallest absolute Gasteiger partial charge is 0.276 e. The van der Waals surface area contributed by atoms with Crippen LogP contribution in [-0.2, 0) is 10.2 Å². The molecule has 0 spiro atoms. The van der Waals surface area contributed by atoms with E-state index >= 15 is 0 Å². The van der Waals surface area contributed by atoms with Crippen LogP contribution in [0.4, 0.5) is 0 Å². The highest BCUT2D eigenvalue weighted by atomic mass is 32.2. The number of nitrogens with zero attached hydrogens (tertiary/aromatic N) is 3. The molecular formula is C16H23N5O4S. The van der Waals surface area contributed by atoms with E-state index in [1.54, 1.807) is 29.7 Å². The molecule has 0 bridgehead atoms. The third-order valence-electron chi connectivity index (χ3n) is 4.38. The van der Waals surface area contributed by atoms with Crippen LogP contribution in [0.15, 0.2) is 18.3 Å². The van der Waals surface area contributed by atoms with E-state index in [1.807, 2.05) is 6.92 Å². The van der Waals surface area contributed by atoms with E-state index < -0.39 is 10.2 Å². The zero-order valence-corrected chi connectivity index (χ0v) is 15.6. The zero-order chi connectivity index (χ0) is 18.9. The van der Waals surface area contributed by atoms with Gasteiger partial charge in [0.25, 0.3) is 16.1 Å². The molecular weight excluding hydrogens is 358 g/mol. The number of aromatic nitrogens is 2. The Bertz CT molecular complexity index is 924. The first-order chi connectivity index (χ1) is 12.3. The molecule has 1 amide bonds. The summed E-state index contributed by atoms with van der Waals surface area (Å²) in [6, 6.07) is 3.30. The fraction of sp³-hybridized carbons (Fsp3) is 0.500. The lowest BCUT2D eigenvalue weighted by Gasteiger charge is -2.30. The normalized spacial score (nSPS) is 18.8. The number of ether oxygens (including phenoxy) is 1. The second-order valence-electron chi connectivity index (χ2n) is 6.26. The average molecular weight is 381 g/mol. The summed E-state index contributed by atoms with van der Waals surface area (Å²) in [6.45, 7) is 4.68. The molecule has 1 fully saturated rings. The van der Waals surface area contributed by atoms with Gasteiger partial charge in [0.2, 0.25) is 0 Å². The van der Waals surface area contributed by atoms with Crippen LogP contribution in [-0.4, -0.2) is 53.8 Å². The number of aryl methyl sites for hydroxylation is 1. The van der Waals surface area contributed by atoms with Crippen molar-refractivity contribution in [2.24, 2.45) is 5.14 Å². The topological polar surface area (TPSA) is 119 Å². The van der Waals surface area contributed by atoms with Crippen molar-refractivity contribution < 1.29 is 17.9 Å². The summed E-state index contributed by atoms with van der Waals surface area (Å²) in [7, 11) is -3.76. The monoisotopic (exact) mass is 381 g/mol. The van der Waals surface area contributed by atoms with Gasteiger partial charge in [0.05, 0.1) is 12.3 Å². The third-order valence-corrected chi connectivity index (χ3v) is 5.43. The van der Waals surface area contributed by atoms with Crippen molar-refractivity contribution in [1.29, 1.82) is 0 Å². The average Bonchev–Trinajstić information content (AvgIpc) is 2.91. The first kappa shape index (κ1) is 18.6. The highest BCUT2D eigenvalue weighted by Crippen LogP contribution is 2.22. The van der Waals surface area contributed by atoms with E-state index in [0.717, 1.165) is 0 Å². The van der Waals surface area contributed by atoms with E-state index in [1.165, 1.54) is 4.31 Å². The molecule has 0 unspecified atom stereocenters. The summed E-state index contributed by atoms with van der Waals surface area (Å²) in [4.78, 5) is 17.3. The van der Waals surface area contributed by atoms with Crippen molar-refractivity contribution in [2.45, 2.75) is 32.7 Å². The summed E-state index contributed by atoms with van der Waals surface area (Å²) in [5.41, 5.74) is 1.56. The van der Waals surface area contributed by atoms with Gasteiger partial charge in [0, 0.05) is 25.3 Å². The van der Waals surface area contributed by atoms with Gasteiger partial charge in [-0.25, -0.2) is 10.1 Å². The lowest BCUT2D eigenvalue weighted by atomic mass is 10.1. The SMILES string of the molecule is CCOc1cccn2c(C(=O)N[C@H]3CCCN(S(N)(=O)=O)C3)c(C)nc12. The van der Waals surface area contributed by atoms with Crippen LogP contribution in [0.5, 0.6) is 5.75 Å². The first-order valence-electron chi connectivity index (χ1n) is 8.50. The molecule has 1 aliphatic rings. The number of carbonyl (C=O) groups excluding carboxylic acids is 1. The lowest BCUT2D eigenvalue weighted by Crippen LogP contribution is -2.51. The first-order valence-corrected chi connectivity index (χ1v) is 10.0. The molecule has 2 aromatic heterocycles. The van der Waals surface area contributed by atoms with Gasteiger partial charge in [-0.3, -0.25) is 9.20 Å². The maximum Gasteiger partial charge on any atom is 0.276 e. The molecule has 2 aromatic rings. The van der Waals surface area contributed by atoms with Crippen molar-refractivity contribution in [3.63, 3.8) is 0 Å². The highest BCUT2D eigenvalue weighted by Gasteiger charge is 2.29. The number of carbonyl (C=O) groups is 1. The van der Waals surface area contributed by atoms with Crippen LogP contribution in [0.1, 0.15) is 35.9 Å². The Labute approximate surface area is 152 Å². The van der Waals surface area contributed by atoms with Crippen LogP contribution in [0, 0.1) is 6.92 Å². The van der Waals surface area contributed by atoms with Crippen LogP contribution >= 0.6 is 0 Å². The Morgan fingerprint density at radius 2 is 2.27 bits per heavy atom. The van der Waals surface area contributed by atoms with Crippen LogP contribution in [0.3, 0.4) is 0 Å². The summed E-state index contributed by atoms with van der Waals surface area (Å²) in [6.07, 6.45) is 3.09. The quantitative estimate of drug-likeness (QED) is 0.779. The largest absolute Gasteiger partial charge is 0.490 e. The Morgan fingerprint density at radius 3 is 2.96 bits per heavy atom. The van der Waals surface area contributed by atoms with Crippen LogP contribution in [0.2, 0.25) is 0 Å². The minimum Gasteiger partial charge on any atom is -0.490 e. The van der Waals surface area contributed by atoms with Crippen molar-refractivity contribution in [3.05, 3.63) is 29.7 Å². The number of fused-ring (bicyclic) bond motifs is 1. The van der Waals surface area contributed by atoms with Gasteiger partial charge in [-0.2, -0.15) is 12.7 Å². The summed E-state index contributed by atoms with van der Waals surface area (Å²) < 4.78 is 31.5. The molecule has 1 saturated heterocycles.